The van der Waals surface area contributed by atoms with Gasteiger partial charge in [0.2, 0.25) is 0 Å². The molecule has 0 aliphatic rings. The van der Waals surface area contributed by atoms with Gasteiger partial charge in [0.15, 0.2) is 17.5 Å². The van der Waals surface area contributed by atoms with E-state index in [9.17, 15) is 9.50 Å². The number of halogens is 2. The van der Waals surface area contributed by atoms with Gasteiger partial charge in [0.1, 0.15) is 0 Å². The summed E-state index contributed by atoms with van der Waals surface area (Å²) in [6.45, 7) is 3.97. The Kier molecular flexibility index (Phi) is 11.4. The minimum Gasteiger partial charge on any atom is -0.393 e. The summed E-state index contributed by atoms with van der Waals surface area (Å²) in [6, 6.07) is 3.32. The molecule has 5 heteroatoms. The molecule has 1 atom stereocenters. The van der Waals surface area contributed by atoms with Crippen LogP contribution in [0, 0.1) is 11.6 Å². The standard InChI is InChI=1S/C26H36F2N2O/c1-3-4-5-6-7-8-11-15-21-19-23(26-29-17-13-18-30-26)25(28)24(27)22(21)16-12-9-10-14-20(2)31/h11,13,15,17-20,31H,3-10,12,14,16H2,1-2H3. The van der Waals surface area contributed by atoms with Crippen molar-refractivity contribution in [3.8, 4) is 11.4 Å². The number of benzene rings is 1. The third-order valence-electron chi connectivity index (χ3n) is 5.47. The number of aromatic nitrogens is 2. The highest BCUT2D eigenvalue weighted by molar-refractivity contribution is 5.65. The van der Waals surface area contributed by atoms with Gasteiger partial charge in [-0.3, -0.25) is 0 Å². The Bertz CT molecular complexity index is 807. The normalized spacial score (nSPS) is 12.5. The number of aliphatic hydroxyl groups is 1. The van der Waals surface area contributed by atoms with Gasteiger partial charge in [0.25, 0.3) is 0 Å². The van der Waals surface area contributed by atoms with Gasteiger partial charge in [0.05, 0.1) is 11.7 Å². The summed E-state index contributed by atoms with van der Waals surface area (Å²) in [6.07, 6.45) is 17.3. The van der Waals surface area contributed by atoms with Crippen LogP contribution >= 0.6 is 0 Å². The SMILES string of the molecule is CCCCCCCC=Cc1cc(-c2ncccn2)c(F)c(F)c1CCCCCC(C)O. The lowest BCUT2D eigenvalue weighted by atomic mass is 9.96. The highest BCUT2D eigenvalue weighted by Crippen LogP contribution is 2.29. The van der Waals surface area contributed by atoms with Gasteiger partial charge in [-0.15, -0.1) is 0 Å². The van der Waals surface area contributed by atoms with Crippen LogP contribution in [0.5, 0.6) is 0 Å². The predicted octanol–water partition coefficient (Wildman–Crippen LogP) is 7.28. The van der Waals surface area contributed by atoms with Crippen LogP contribution in [-0.2, 0) is 6.42 Å². The summed E-state index contributed by atoms with van der Waals surface area (Å²) >= 11 is 0. The van der Waals surface area contributed by atoms with E-state index in [-0.39, 0.29) is 17.5 Å². The first kappa shape index (κ1) is 25.1. The zero-order chi connectivity index (χ0) is 22.5. The Hall–Kier alpha value is -2.14. The topological polar surface area (TPSA) is 46.0 Å². The second-order valence-corrected chi connectivity index (χ2v) is 8.25. The first-order valence-corrected chi connectivity index (χ1v) is 11.7. The van der Waals surface area contributed by atoms with E-state index in [4.69, 9.17) is 0 Å². The summed E-state index contributed by atoms with van der Waals surface area (Å²) < 4.78 is 29.9. The number of hydrogen-bond acceptors (Lipinski definition) is 3. The lowest BCUT2D eigenvalue weighted by Crippen LogP contribution is -2.03. The van der Waals surface area contributed by atoms with Crippen LogP contribution in [-0.4, -0.2) is 21.2 Å². The van der Waals surface area contributed by atoms with Crippen LogP contribution in [0.2, 0.25) is 0 Å². The monoisotopic (exact) mass is 430 g/mol. The van der Waals surface area contributed by atoms with Gasteiger partial charge in [-0.2, -0.15) is 0 Å². The van der Waals surface area contributed by atoms with E-state index in [1.165, 1.54) is 38.1 Å². The summed E-state index contributed by atoms with van der Waals surface area (Å²) in [5.41, 5.74) is 1.21. The molecule has 1 unspecified atom stereocenters. The third-order valence-corrected chi connectivity index (χ3v) is 5.47. The molecule has 1 aromatic heterocycles. The van der Waals surface area contributed by atoms with Crippen LogP contribution in [0.3, 0.4) is 0 Å². The summed E-state index contributed by atoms with van der Waals surface area (Å²) in [4.78, 5) is 8.19. The van der Waals surface area contributed by atoms with Gasteiger partial charge < -0.3 is 5.11 Å². The fraction of sp³-hybridized carbons (Fsp3) is 0.538. The first-order chi connectivity index (χ1) is 15.0. The summed E-state index contributed by atoms with van der Waals surface area (Å²) in [5.74, 6) is -1.50. The quantitative estimate of drug-likeness (QED) is 0.320. The summed E-state index contributed by atoms with van der Waals surface area (Å²) in [7, 11) is 0. The molecule has 0 amide bonds. The van der Waals surface area contributed by atoms with Crippen LogP contribution < -0.4 is 0 Å². The van der Waals surface area contributed by atoms with Crippen molar-refractivity contribution < 1.29 is 13.9 Å². The molecule has 0 saturated heterocycles. The molecular formula is C26H36F2N2O. The molecule has 1 heterocycles. The molecular weight excluding hydrogens is 394 g/mol. The highest BCUT2D eigenvalue weighted by atomic mass is 19.2. The van der Waals surface area contributed by atoms with Crippen molar-refractivity contribution >= 4 is 6.08 Å². The average Bonchev–Trinajstić information content (AvgIpc) is 2.77. The van der Waals surface area contributed by atoms with E-state index in [2.05, 4.69) is 23.0 Å². The van der Waals surface area contributed by atoms with E-state index < -0.39 is 11.6 Å². The molecule has 0 fully saturated rings. The minimum absolute atomic E-state index is 0.0959. The molecule has 0 aliphatic carbocycles. The molecule has 1 aromatic carbocycles. The lowest BCUT2D eigenvalue weighted by molar-refractivity contribution is 0.180. The Morgan fingerprint density at radius 3 is 2.39 bits per heavy atom. The Morgan fingerprint density at radius 1 is 0.968 bits per heavy atom. The van der Waals surface area contributed by atoms with E-state index in [0.717, 1.165) is 38.5 Å². The molecule has 0 saturated carbocycles. The second-order valence-electron chi connectivity index (χ2n) is 8.25. The Balaban J connectivity index is 2.17. The maximum absolute atomic E-state index is 15.1. The molecule has 31 heavy (non-hydrogen) atoms. The lowest BCUT2D eigenvalue weighted by Gasteiger charge is -2.13. The Morgan fingerprint density at radius 2 is 1.68 bits per heavy atom. The molecule has 170 valence electrons. The van der Waals surface area contributed by atoms with Gasteiger partial charge in [0, 0.05) is 12.4 Å². The number of allylic oxidation sites excluding steroid dienone is 1. The van der Waals surface area contributed by atoms with Crippen molar-refractivity contribution in [2.75, 3.05) is 0 Å². The van der Waals surface area contributed by atoms with Crippen molar-refractivity contribution in [3.05, 3.63) is 53.4 Å². The van der Waals surface area contributed by atoms with E-state index in [1.807, 2.05) is 6.08 Å². The Labute approximate surface area is 185 Å². The largest absolute Gasteiger partial charge is 0.393 e. The van der Waals surface area contributed by atoms with Crippen LogP contribution in [0.15, 0.2) is 30.6 Å². The molecule has 0 aliphatic heterocycles. The fourth-order valence-electron chi connectivity index (χ4n) is 3.68. The first-order valence-electron chi connectivity index (χ1n) is 11.7. The number of rotatable bonds is 14. The molecule has 3 nitrogen and oxygen atoms in total. The number of aliphatic hydroxyl groups excluding tert-OH is 1. The van der Waals surface area contributed by atoms with Crippen molar-refractivity contribution in [1.82, 2.24) is 9.97 Å². The molecule has 0 bridgehead atoms. The van der Waals surface area contributed by atoms with Crippen molar-refractivity contribution in [3.63, 3.8) is 0 Å². The van der Waals surface area contributed by atoms with Crippen molar-refractivity contribution in [2.45, 2.75) is 90.6 Å². The maximum atomic E-state index is 15.1. The molecule has 0 spiro atoms. The van der Waals surface area contributed by atoms with Crippen LogP contribution in [0.1, 0.15) is 89.2 Å². The average molecular weight is 431 g/mol. The number of nitrogens with zero attached hydrogens (tertiary/aromatic N) is 2. The summed E-state index contributed by atoms with van der Waals surface area (Å²) in [5, 5.41) is 9.39. The maximum Gasteiger partial charge on any atom is 0.170 e. The minimum atomic E-state index is -0.887. The van der Waals surface area contributed by atoms with Crippen LogP contribution in [0.25, 0.3) is 17.5 Å². The van der Waals surface area contributed by atoms with E-state index >= 15 is 4.39 Å². The second kappa shape index (κ2) is 14.0. The van der Waals surface area contributed by atoms with Gasteiger partial charge in [-0.25, -0.2) is 18.7 Å². The zero-order valence-corrected chi connectivity index (χ0v) is 18.9. The third kappa shape index (κ3) is 8.48. The van der Waals surface area contributed by atoms with E-state index in [0.29, 0.717) is 17.5 Å². The van der Waals surface area contributed by atoms with Crippen molar-refractivity contribution in [1.29, 1.82) is 0 Å². The van der Waals surface area contributed by atoms with Crippen LogP contribution in [0.4, 0.5) is 8.78 Å². The molecule has 2 rings (SSSR count). The molecule has 1 N–H and O–H groups in total. The zero-order valence-electron chi connectivity index (χ0n) is 18.9. The number of unbranched alkanes of at least 4 members (excludes halogenated alkanes) is 7. The highest BCUT2D eigenvalue weighted by Gasteiger charge is 2.19. The van der Waals surface area contributed by atoms with Gasteiger partial charge in [-0.1, -0.05) is 57.6 Å². The molecule has 0 radical (unpaired) electrons. The molecule has 2 aromatic rings. The van der Waals surface area contributed by atoms with Crippen molar-refractivity contribution in [2.24, 2.45) is 0 Å². The smallest absolute Gasteiger partial charge is 0.170 e. The van der Waals surface area contributed by atoms with Gasteiger partial charge in [-0.05, 0) is 62.3 Å². The fourth-order valence-corrected chi connectivity index (χ4v) is 3.68. The number of hydrogen-bond donors (Lipinski definition) is 1. The van der Waals surface area contributed by atoms with E-state index in [1.54, 1.807) is 19.1 Å². The predicted molar refractivity (Wildman–Crippen MR) is 124 cm³/mol. The van der Waals surface area contributed by atoms with Gasteiger partial charge >= 0.3 is 0 Å².